The number of nitrogens with one attached hydrogen (secondary N) is 1. The molecule has 0 atom stereocenters. The third-order valence-corrected chi connectivity index (χ3v) is 2.76. The molecule has 90 valence electrons. The third-order valence-electron chi connectivity index (χ3n) is 2.76. The molecule has 0 fully saturated rings. The number of nitrogens with zero attached hydrogens (tertiary/aromatic N) is 2. The van der Waals surface area contributed by atoms with Gasteiger partial charge in [-0.1, -0.05) is 24.3 Å². The van der Waals surface area contributed by atoms with E-state index in [0.717, 1.165) is 36.4 Å². The van der Waals surface area contributed by atoms with Crippen molar-refractivity contribution in [1.29, 1.82) is 0 Å². The highest BCUT2D eigenvalue weighted by Crippen LogP contribution is 2.17. The van der Waals surface area contributed by atoms with E-state index >= 15 is 0 Å². The van der Waals surface area contributed by atoms with Gasteiger partial charge in [-0.2, -0.15) is 0 Å². The number of aromatic nitrogens is 2. The van der Waals surface area contributed by atoms with E-state index < -0.39 is 0 Å². The number of rotatable bonds is 5. The van der Waals surface area contributed by atoms with E-state index in [2.05, 4.69) is 46.6 Å². The summed E-state index contributed by atoms with van der Waals surface area (Å²) in [6.45, 7) is 7.84. The van der Waals surface area contributed by atoms with Gasteiger partial charge in [-0.25, -0.2) is 4.98 Å². The van der Waals surface area contributed by atoms with Crippen molar-refractivity contribution in [1.82, 2.24) is 14.9 Å². The maximum Gasteiger partial charge on any atom is 0.111 e. The Bertz CT molecular complexity index is 525. The van der Waals surface area contributed by atoms with Crippen LogP contribution in [0.4, 0.5) is 0 Å². The molecule has 1 aromatic carbocycles. The van der Waals surface area contributed by atoms with Crippen molar-refractivity contribution >= 4 is 11.0 Å². The molecule has 0 saturated carbocycles. The van der Waals surface area contributed by atoms with Crippen molar-refractivity contribution in [2.24, 2.45) is 0 Å². The van der Waals surface area contributed by atoms with Crippen LogP contribution in [-0.4, -0.2) is 23.1 Å². The molecule has 1 heterocycles. The molecule has 1 aromatic heterocycles. The summed E-state index contributed by atoms with van der Waals surface area (Å²) in [4.78, 5) is 4.69. The van der Waals surface area contributed by atoms with E-state index in [0.29, 0.717) is 0 Å². The van der Waals surface area contributed by atoms with Gasteiger partial charge in [-0.15, -0.1) is 0 Å². The Kier molecular flexibility index (Phi) is 3.59. The van der Waals surface area contributed by atoms with Crippen molar-refractivity contribution in [3.8, 4) is 0 Å². The van der Waals surface area contributed by atoms with Crippen LogP contribution in [0.15, 0.2) is 36.4 Å². The van der Waals surface area contributed by atoms with Gasteiger partial charge in [-0.05, 0) is 26.1 Å². The molecular formula is C14H19N3. The summed E-state index contributed by atoms with van der Waals surface area (Å²) in [6.07, 6.45) is 0.943. The van der Waals surface area contributed by atoms with Gasteiger partial charge in [0.25, 0.3) is 0 Å². The lowest BCUT2D eigenvalue weighted by Crippen LogP contribution is -2.14. The fraction of sp³-hybridized carbons (Fsp3) is 0.357. The number of para-hydroxylation sites is 2. The molecule has 0 amide bonds. The molecule has 0 aliphatic carbocycles. The van der Waals surface area contributed by atoms with Crippen LogP contribution < -0.4 is 5.32 Å². The van der Waals surface area contributed by atoms with Gasteiger partial charge in [0, 0.05) is 19.5 Å². The molecule has 2 rings (SSSR count). The minimum atomic E-state index is 0.847. The Morgan fingerprint density at radius 1 is 1.41 bits per heavy atom. The van der Waals surface area contributed by atoms with E-state index in [9.17, 15) is 0 Å². The Hall–Kier alpha value is -1.61. The smallest absolute Gasteiger partial charge is 0.111 e. The second-order valence-corrected chi connectivity index (χ2v) is 4.41. The molecule has 0 aliphatic rings. The number of fused-ring (bicyclic) bond motifs is 1. The van der Waals surface area contributed by atoms with Crippen LogP contribution in [-0.2, 0) is 13.0 Å². The van der Waals surface area contributed by atoms with Crippen molar-refractivity contribution in [3.63, 3.8) is 0 Å². The van der Waals surface area contributed by atoms with Crippen molar-refractivity contribution in [2.75, 3.05) is 13.6 Å². The van der Waals surface area contributed by atoms with E-state index in [1.165, 1.54) is 5.52 Å². The van der Waals surface area contributed by atoms with Crippen molar-refractivity contribution < 1.29 is 0 Å². The van der Waals surface area contributed by atoms with Crippen molar-refractivity contribution in [3.05, 3.63) is 42.2 Å². The quantitative estimate of drug-likeness (QED) is 0.798. The van der Waals surface area contributed by atoms with Gasteiger partial charge in [0.15, 0.2) is 0 Å². The average Bonchev–Trinajstić information content (AvgIpc) is 2.64. The number of hydrogen-bond donors (Lipinski definition) is 1. The topological polar surface area (TPSA) is 29.9 Å². The Morgan fingerprint density at radius 3 is 2.88 bits per heavy atom. The van der Waals surface area contributed by atoms with E-state index in [1.54, 1.807) is 0 Å². The lowest BCUT2D eigenvalue weighted by atomic mass is 10.3. The maximum absolute atomic E-state index is 4.69. The number of benzene rings is 1. The van der Waals surface area contributed by atoms with Crippen LogP contribution in [0.5, 0.6) is 0 Å². The summed E-state index contributed by atoms with van der Waals surface area (Å²) < 4.78 is 2.26. The van der Waals surface area contributed by atoms with Gasteiger partial charge in [0.2, 0.25) is 0 Å². The molecule has 0 saturated heterocycles. The number of hydrogen-bond acceptors (Lipinski definition) is 2. The van der Waals surface area contributed by atoms with Gasteiger partial charge in [0.05, 0.1) is 11.0 Å². The van der Waals surface area contributed by atoms with Crippen LogP contribution in [0.3, 0.4) is 0 Å². The number of likely N-dealkylation sites (N-methyl/N-ethyl adjacent to an activating group) is 1. The molecular weight excluding hydrogens is 210 g/mol. The second kappa shape index (κ2) is 5.15. The Balaban J connectivity index is 2.44. The molecule has 0 bridgehead atoms. The van der Waals surface area contributed by atoms with Crippen LogP contribution >= 0.6 is 0 Å². The first-order valence-corrected chi connectivity index (χ1v) is 5.95. The highest BCUT2D eigenvalue weighted by molar-refractivity contribution is 5.76. The van der Waals surface area contributed by atoms with Crippen LogP contribution in [0.25, 0.3) is 11.0 Å². The Morgan fingerprint density at radius 2 is 2.18 bits per heavy atom. The highest BCUT2D eigenvalue weighted by Gasteiger charge is 2.09. The summed E-state index contributed by atoms with van der Waals surface area (Å²) in [5.41, 5.74) is 3.42. The zero-order valence-electron chi connectivity index (χ0n) is 10.5. The summed E-state index contributed by atoms with van der Waals surface area (Å²) >= 11 is 0. The van der Waals surface area contributed by atoms with Crippen LogP contribution in [0.1, 0.15) is 12.7 Å². The third kappa shape index (κ3) is 2.56. The molecule has 2 aromatic rings. The standard InChI is InChI=1S/C14H19N3/c1-11(2)10-17-13-7-5-4-6-12(13)16-14(17)8-9-15-3/h4-7,15H,1,8-10H2,2-3H3. The molecule has 17 heavy (non-hydrogen) atoms. The van der Waals surface area contributed by atoms with Gasteiger partial charge in [0.1, 0.15) is 5.82 Å². The predicted octanol–water partition coefficient (Wildman–Crippen LogP) is 2.37. The SMILES string of the molecule is C=C(C)Cn1c(CCNC)nc2ccccc21. The summed E-state index contributed by atoms with van der Waals surface area (Å²) in [6, 6.07) is 8.27. The lowest BCUT2D eigenvalue weighted by Gasteiger charge is -2.08. The normalized spacial score (nSPS) is 10.9. The minimum absolute atomic E-state index is 0.847. The van der Waals surface area contributed by atoms with Crippen LogP contribution in [0.2, 0.25) is 0 Å². The highest BCUT2D eigenvalue weighted by atomic mass is 15.1. The zero-order valence-corrected chi connectivity index (χ0v) is 10.5. The fourth-order valence-electron chi connectivity index (χ4n) is 2.00. The molecule has 3 nitrogen and oxygen atoms in total. The van der Waals surface area contributed by atoms with E-state index in [1.807, 2.05) is 13.1 Å². The van der Waals surface area contributed by atoms with Gasteiger partial charge < -0.3 is 9.88 Å². The number of allylic oxidation sites excluding steroid dienone is 1. The average molecular weight is 229 g/mol. The largest absolute Gasteiger partial charge is 0.324 e. The number of imidazole rings is 1. The molecule has 0 aliphatic heterocycles. The molecule has 1 N–H and O–H groups in total. The Labute approximate surface area is 102 Å². The molecule has 0 spiro atoms. The monoisotopic (exact) mass is 229 g/mol. The van der Waals surface area contributed by atoms with Crippen LogP contribution in [0, 0.1) is 0 Å². The predicted molar refractivity (Wildman–Crippen MR) is 72.2 cm³/mol. The van der Waals surface area contributed by atoms with Crippen molar-refractivity contribution in [2.45, 2.75) is 19.9 Å². The van der Waals surface area contributed by atoms with Gasteiger partial charge >= 0.3 is 0 Å². The maximum atomic E-state index is 4.69. The summed E-state index contributed by atoms with van der Waals surface area (Å²) in [7, 11) is 1.96. The zero-order chi connectivity index (χ0) is 12.3. The fourth-order valence-corrected chi connectivity index (χ4v) is 2.00. The van der Waals surface area contributed by atoms with E-state index in [4.69, 9.17) is 0 Å². The lowest BCUT2D eigenvalue weighted by molar-refractivity contribution is 0.692. The van der Waals surface area contributed by atoms with Gasteiger partial charge in [-0.3, -0.25) is 0 Å². The second-order valence-electron chi connectivity index (χ2n) is 4.41. The minimum Gasteiger partial charge on any atom is -0.324 e. The summed E-state index contributed by atoms with van der Waals surface area (Å²) in [5, 5.41) is 3.17. The summed E-state index contributed by atoms with van der Waals surface area (Å²) in [5.74, 6) is 1.13. The molecule has 0 radical (unpaired) electrons. The molecule has 0 unspecified atom stereocenters. The first kappa shape index (κ1) is 11.9. The molecule has 3 heteroatoms. The first-order chi connectivity index (χ1) is 8.22. The van der Waals surface area contributed by atoms with E-state index in [-0.39, 0.29) is 0 Å². The first-order valence-electron chi connectivity index (χ1n) is 5.95.